The molecule has 2 N–H and O–H groups in total. The first kappa shape index (κ1) is 21.5. The molecule has 6 nitrogen and oxygen atoms in total. The zero-order valence-corrected chi connectivity index (χ0v) is 17.9. The van der Waals surface area contributed by atoms with Crippen LogP contribution in [0.3, 0.4) is 0 Å². The van der Waals surface area contributed by atoms with Crippen molar-refractivity contribution in [2.24, 2.45) is 5.10 Å². The van der Waals surface area contributed by atoms with E-state index in [9.17, 15) is 14.4 Å². The van der Waals surface area contributed by atoms with Crippen molar-refractivity contribution in [3.8, 4) is 0 Å². The number of nitrogens with one attached hydrogen (secondary N) is 1. The van der Waals surface area contributed by atoms with Gasteiger partial charge in [0.1, 0.15) is 5.82 Å². The Hall–Kier alpha value is -2.20. The molecule has 0 bridgehead atoms. The highest BCUT2D eigenvalue weighted by Crippen LogP contribution is 2.42. The minimum atomic E-state index is -0.907. The fraction of sp³-hybridized carbons (Fsp3) is 0.211. The van der Waals surface area contributed by atoms with Crippen molar-refractivity contribution < 1.29 is 14.4 Å². The maximum atomic E-state index is 13.9. The fourth-order valence-electron chi connectivity index (χ4n) is 2.76. The van der Waals surface area contributed by atoms with E-state index in [2.05, 4.69) is 10.4 Å². The van der Waals surface area contributed by atoms with Crippen LogP contribution in [0.25, 0.3) is 0 Å². The lowest BCUT2D eigenvalue weighted by molar-refractivity contribution is -0.114. The van der Waals surface area contributed by atoms with Gasteiger partial charge in [0, 0.05) is 16.3 Å². The third-order valence-corrected chi connectivity index (χ3v) is 5.94. The highest BCUT2D eigenvalue weighted by atomic mass is 35.5. The number of carbonyl (C=O) groups is 1. The summed E-state index contributed by atoms with van der Waals surface area (Å²) in [6, 6.07) is 11.8. The number of benzene rings is 2. The summed E-state index contributed by atoms with van der Waals surface area (Å²) >= 11 is 12.5. The van der Waals surface area contributed by atoms with E-state index in [1.165, 1.54) is 29.1 Å². The number of hydroxylamine groups is 2. The predicted molar refractivity (Wildman–Crippen MR) is 118 cm³/mol. The molecule has 2 aromatic carbocycles. The molecule has 10 heteroatoms. The first-order valence-electron chi connectivity index (χ1n) is 8.54. The summed E-state index contributed by atoms with van der Waals surface area (Å²) in [6.07, 6.45) is 0.400. The second kappa shape index (κ2) is 8.66. The molecule has 1 aliphatic rings. The van der Waals surface area contributed by atoms with Gasteiger partial charge in [-0.3, -0.25) is 5.21 Å². The van der Waals surface area contributed by atoms with Crippen molar-refractivity contribution in [2.45, 2.75) is 24.8 Å². The summed E-state index contributed by atoms with van der Waals surface area (Å²) in [5, 5.41) is 19.9. The van der Waals surface area contributed by atoms with Crippen molar-refractivity contribution in [3.63, 3.8) is 0 Å². The lowest BCUT2D eigenvalue weighted by Gasteiger charge is -2.34. The second-order valence-electron chi connectivity index (χ2n) is 6.74. The summed E-state index contributed by atoms with van der Waals surface area (Å²) in [5.74, 6) is -0.439. The number of thioether (sulfide) groups is 1. The molecule has 1 atom stereocenters. The minimum absolute atomic E-state index is 0.263. The van der Waals surface area contributed by atoms with Gasteiger partial charge < -0.3 is 5.32 Å². The highest BCUT2D eigenvalue weighted by molar-refractivity contribution is 8.24. The number of thiocarbonyl (C=S) groups is 1. The number of anilines is 1. The average Bonchev–Trinajstić information content (AvgIpc) is 2.90. The number of halogens is 2. The van der Waals surface area contributed by atoms with Crippen LogP contribution in [0, 0.1) is 5.82 Å². The maximum absolute atomic E-state index is 13.9. The van der Waals surface area contributed by atoms with E-state index in [-0.39, 0.29) is 5.56 Å². The van der Waals surface area contributed by atoms with Gasteiger partial charge in [0.15, 0.2) is 10.5 Å². The van der Waals surface area contributed by atoms with Gasteiger partial charge in [-0.1, -0.05) is 53.8 Å². The molecule has 3 rings (SSSR count). The molecule has 0 aliphatic carbocycles. The number of hydrogen-bond acceptors (Lipinski definition) is 5. The average molecular weight is 453 g/mol. The quantitative estimate of drug-likeness (QED) is 0.290. The number of hydrazone groups is 1. The molecule has 1 heterocycles. The van der Waals surface area contributed by atoms with Crippen molar-refractivity contribution in [2.75, 3.05) is 5.32 Å². The van der Waals surface area contributed by atoms with Gasteiger partial charge in [0.25, 0.3) is 0 Å². The van der Waals surface area contributed by atoms with Crippen molar-refractivity contribution in [3.05, 3.63) is 64.9 Å². The molecule has 2 aromatic rings. The molecule has 0 spiro atoms. The van der Waals surface area contributed by atoms with Crippen LogP contribution < -0.4 is 5.32 Å². The molecule has 2 amide bonds. The Balaban J connectivity index is 1.83. The molecule has 0 saturated carbocycles. The highest BCUT2D eigenvalue weighted by Gasteiger charge is 2.50. The van der Waals surface area contributed by atoms with Gasteiger partial charge in [-0.05, 0) is 44.2 Å². The molecule has 1 aliphatic heterocycles. The Morgan fingerprint density at radius 1 is 1.34 bits per heavy atom. The number of urea groups is 1. The van der Waals surface area contributed by atoms with Crippen LogP contribution in [-0.4, -0.2) is 42.8 Å². The zero-order valence-electron chi connectivity index (χ0n) is 15.5. The largest absolute Gasteiger partial charge is 0.347 e. The van der Waals surface area contributed by atoms with E-state index in [1.54, 1.807) is 42.5 Å². The van der Waals surface area contributed by atoms with Crippen LogP contribution in [0.15, 0.2) is 53.6 Å². The van der Waals surface area contributed by atoms with Crippen LogP contribution in [0.4, 0.5) is 14.9 Å². The molecule has 1 fully saturated rings. The number of carbonyl (C=O) groups excluding carboxylic acids is 1. The monoisotopic (exact) mass is 452 g/mol. The Morgan fingerprint density at radius 2 is 2.00 bits per heavy atom. The van der Waals surface area contributed by atoms with Crippen LogP contribution in [-0.2, 0) is 0 Å². The predicted octanol–water partition coefficient (Wildman–Crippen LogP) is 5.17. The van der Waals surface area contributed by atoms with Gasteiger partial charge in [-0.25, -0.2) is 14.2 Å². The fourth-order valence-corrected chi connectivity index (χ4v) is 4.67. The molecular weight excluding hydrogens is 435 g/mol. The molecular formula is C19H18ClFN4O2S2. The summed E-state index contributed by atoms with van der Waals surface area (Å²) in [6.45, 7) is 3.65. The lowest BCUT2D eigenvalue weighted by atomic mass is 10.1. The van der Waals surface area contributed by atoms with E-state index in [0.717, 1.165) is 0 Å². The second-order valence-corrected chi connectivity index (χ2v) is 9.46. The molecule has 152 valence electrons. The Kier molecular flexibility index (Phi) is 6.42. The van der Waals surface area contributed by atoms with Gasteiger partial charge in [0.2, 0.25) is 0 Å². The normalized spacial score (nSPS) is 18.3. The maximum Gasteiger partial charge on any atom is 0.347 e. The van der Waals surface area contributed by atoms with Crippen LogP contribution in [0.5, 0.6) is 0 Å². The number of amides is 2. The van der Waals surface area contributed by atoms with E-state index in [0.29, 0.717) is 20.1 Å². The molecule has 0 radical (unpaired) electrons. The summed E-state index contributed by atoms with van der Waals surface area (Å²) < 4.78 is 13.6. The summed E-state index contributed by atoms with van der Waals surface area (Å²) in [7, 11) is 0. The smallest absolute Gasteiger partial charge is 0.306 e. The van der Waals surface area contributed by atoms with Crippen molar-refractivity contribution in [1.82, 2.24) is 10.1 Å². The topological polar surface area (TPSA) is 68.2 Å². The van der Waals surface area contributed by atoms with E-state index in [4.69, 9.17) is 23.8 Å². The van der Waals surface area contributed by atoms with Gasteiger partial charge in [0.05, 0.1) is 11.0 Å². The molecule has 0 unspecified atom stereocenters. The van der Waals surface area contributed by atoms with Crippen LogP contribution in [0.1, 0.15) is 19.4 Å². The van der Waals surface area contributed by atoms with E-state index >= 15 is 0 Å². The number of rotatable bonds is 4. The standard InChI is InChI=1S/C19H18ClFN4O2S2/c1-19(2)16(25(27)17(26)23-14-9-7-13(20)8-10-14)24(18(28)29-19)22-11-12-5-3-4-6-15(12)21/h3-11,16,27H,1-2H3,(H,23,26)/b22-11-/t16-/m1/s1. The Labute approximate surface area is 182 Å². The number of hydrogen-bond donors (Lipinski definition) is 2. The third kappa shape index (κ3) is 4.87. The Bertz CT molecular complexity index is 955. The molecule has 0 aromatic heterocycles. The van der Waals surface area contributed by atoms with Gasteiger partial charge >= 0.3 is 6.03 Å². The van der Waals surface area contributed by atoms with E-state index in [1.807, 2.05) is 13.8 Å². The van der Waals surface area contributed by atoms with Crippen molar-refractivity contribution >= 4 is 57.8 Å². The minimum Gasteiger partial charge on any atom is -0.306 e. The first-order valence-corrected chi connectivity index (χ1v) is 10.1. The van der Waals surface area contributed by atoms with Gasteiger partial charge in [-0.2, -0.15) is 10.2 Å². The molecule has 1 saturated heterocycles. The Morgan fingerprint density at radius 3 is 2.66 bits per heavy atom. The molecule has 29 heavy (non-hydrogen) atoms. The zero-order chi connectivity index (χ0) is 21.2. The van der Waals surface area contributed by atoms with Crippen LogP contribution in [0.2, 0.25) is 5.02 Å². The first-order chi connectivity index (χ1) is 13.7. The van der Waals surface area contributed by atoms with Crippen molar-refractivity contribution in [1.29, 1.82) is 0 Å². The SMILES string of the molecule is CC1(C)SC(=S)N(/N=C\c2ccccc2F)[C@@H]1N(O)C(=O)Nc1ccc(Cl)cc1. The number of nitrogens with zero attached hydrogens (tertiary/aromatic N) is 3. The summed E-state index contributed by atoms with van der Waals surface area (Å²) in [4.78, 5) is 12.6. The van der Waals surface area contributed by atoms with Gasteiger partial charge in [-0.15, -0.1) is 0 Å². The van der Waals surface area contributed by atoms with E-state index < -0.39 is 22.8 Å². The third-order valence-electron chi connectivity index (χ3n) is 4.15. The lowest BCUT2D eigenvalue weighted by Crippen LogP contribution is -2.54. The van der Waals surface area contributed by atoms with Crippen LogP contribution >= 0.6 is 35.6 Å². The summed E-state index contributed by atoms with van der Waals surface area (Å²) in [5.41, 5.74) is 0.727.